The Kier molecular flexibility index (Phi) is 8.35. The van der Waals surface area contributed by atoms with Gasteiger partial charge in [0.2, 0.25) is 15.9 Å². The molecule has 2 aromatic carbocycles. The average Bonchev–Trinajstić information content (AvgIpc) is 2.87. The molecule has 202 valence electrons. The molecule has 1 aliphatic rings. The van der Waals surface area contributed by atoms with Crippen LogP contribution in [0.4, 0.5) is 0 Å². The molecule has 1 aromatic heterocycles. The molecule has 0 unspecified atom stereocenters. The van der Waals surface area contributed by atoms with E-state index in [4.69, 9.17) is 0 Å². The number of hydrogen-bond acceptors (Lipinski definition) is 5. The van der Waals surface area contributed by atoms with Crippen LogP contribution in [-0.2, 0) is 14.8 Å². The predicted molar refractivity (Wildman–Crippen MR) is 149 cm³/mol. The number of aromatic nitrogens is 1. The summed E-state index contributed by atoms with van der Waals surface area (Å²) in [6, 6.07) is 19.5. The molecule has 0 aliphatic heterocycles. The SMILES string of the molecule is Cc1cc(-c2ccc(S(=O)(=O)N[C@H]3CC[C@H](C(=O)N[C@@H](c4ccccc4)C(C)(C)O)CC3)cc2)cc(C)n1. The van der Waals surface area contributed by atoms with E-state index in [1.165, 1.54) is 0 Å². The van der Waals surface area contributed by atoms with Crippen LogP contribution in [0.3, 0.4) is 0 Å². The van der Waals surface area contributed by atoms with Gasteiger partial charge in [-0.05, 0) is 94.3 Å². The maximum absolute atomic E-state index is 13.1. The van der Waals surface area contributed by atoms with Crippen molar-refractivity contribution in [3.05, 3.63) is 83.7 Å². The van der Waals surface area contributed by atoms with E-state index in [-0.39, 0.29) is 22.8 Å². The number of pyridine rings is 1. The molecule has 1 saturated carbocycles. The van der Waals surface area contributed by atoms with E-state index >= 15 is 0 Å². The van der Waals surface area contributed by atoms with E-state index in [1.807, 2.05) is 68.4 Å². The fourth-order valence-electron chi connectivity index (χ4n) is 5.16. The molecule has 3 N–H and O–H groups in total. The van der Waals surface area contributed by atoms with Crippen molar-refractivity contribution in [1.82, 2.24) is 15.0 Å². The normalized spacial score (nSPS) is 19.1. The summed E-state index contributed by atoms with van der Waals surface area (Å²) in [6.07, 6.45) is 2.30. The van der Waals surface area contributed by atoms with E-state index in [1.54, 1.807) is 26.0 Å². The molecule has 8 heteroatoms. The Morgan fingerprint density at radius 2 is 1.50 bits per heavy atom. The molecule has 1 atom stereocenters. The van der Waals surface area contributed by atoms with Crippen LogP contribution in [-0.4, -0.2) is 36.1 Å². The van der Waals surface area contributed by atoms with Crippen molar-refractivity contribution >= 4 is 15.9 Å². The van der Waals surface area contributed by atoms with Crippen molar-refractivity contribution in [1.29, 1.82) is 0 Å². The van der Waals surface area contributed by atoms with Crippen molar-refractivity contribution in [3.8, 4) is 11.1 Å². The molecule has 38 heavy (non-hydrogen) atoms. The minimum absolute atomic E-state index is 0.112. The quantitative estimate of drug-likeness (QED) is 0.383. The van der Waals surface area contributed by atoms with Gasteiger partial charge in [-0.25, -0.2) is 13.1 Å². The third-order valence-corrected chi connectivity index (χ3v) is 8.66. The van der Waals surface area contributed by atoms with Crippen molar-refractivity contribution in [2.75, 3.05) is 0 Å². The van der Waals surface area contributed by atoms with Crippen LogP contribution in [0, 0.1) is 19.8 Å². The third-order valence-electron chi connectivity index (χ3n) is 7.13. The van der Waals surface area contributed by atoms with E-state index in [9.17, 15) is 18.3 Å². The van der Waals surface area contributed by atoms with E-state index in [2.05, 4.69) is 15.0 Å². The van der Waals surface area contributed by atoms with E-state index in [0.717, 1.165) is 28.1 Å². The van der Waals surface area contributed by atoms with Gasteiger partial charge >= 0.3 is 0 Å². The van der Waals surface area contributed by atoms with Crippen LogP contribution in [0.2, 0.25) is 0 Å². The fraction of sp³-hybridized carbons (Fsp3) is 0.400. The Balaban J connectivity index is 1.35. The van der Waals surface area contributed by atoms with Crippen molar-refractivity contribution in [2.24, 2.45) is 5.92 Å². The first-order chi connectivity index (χ1) is 17.9. The fourth-order valence-corrected chi connectivity index (χ4v) is 6.47. The molecule has 0 spiro atoms. The maximum atomic E-state index is 13.1. The molecule has 0 radical (unpaired) electrons. The second-order valence-corrected chi connectivity index (χ2v) is 12.6. The lowest BCUT2D eigenvalue weighted by Gasteiger charge is -2.34. The highest BCUT2D eigenvalue weighted by Gasteiger charge is 2.34. The summed E-state index contributed by atoms with van der Waals surface area (Å²) in [7, 11) is -3.68. The van der Waals surface area contributed by atoms with Gasteiger partial charge in [-0.1, -0.05) is 42.5 Å². The van der Waals surface area contributed by atoms with Gasteiger partial charge in [-0.2, -0.15) is 0 Å². The average molecular weight is 536 g/mol. The lowest BCUT2D eigenvalue weighted by atomic mass is 9.84. The number of benzene rings is 2. The molecule has 0 saturated heterocycles. The van der Waals surface area contributed by atoms with Gasteiger partial charge < -0.3 is 10.4 Å². The second-order valence-electron chi connectivity index (χ2n) is 10.8. The van der Waals surface area contributed by atoms with Crippen LogP contribution >= 0.6 is 0 Å². The Hall–Kier alpha value is -3.07. The van der Waals surface area contributed by atoms with Crippen LogP contribution in [0.15, 0.2) is 71.6 Å². The lowest BCUT2D eigenvalue weighted by Crippen LogP contribution is -2.46. The molecule has 3 aromatic rings. The summed E-state index contributed by atoms with van der Waals surface area (Å²) in [5.41, 5.74) is 3.48. The van der Waals surface area contributed by atoms with Gasteiger partial charge in [-0.15, -0.1) is 0 Å². The number of rotatable bonds is 8. The number of amides is 1. The number of nitrogens with zero attached hydrogens (tertiary/aromatic N) is 1. The highest BCUT2D eigenvalue weighted by Crippen LogP contribution is 2.30. The van der Waals surface area contributed by atoms with E-state index in [0.29, 0.717) is 25.7 Å². The van der Waals surface area contributed by atoms with Crippen LogP contribution in [0.1, 0.15) is 62.5 Å². The second kappa shape index (κ2) is 11.4. The number of sulfonamides is 1. The molecule has 1 fully saturated rings. The van der Waals surface area contributed by atoms with Gasteiger partial charge in [-0.3, -0.25) is 9.78 Å². The van der Waals surface area contributed by atoms with Crippen LogP contribution in [0.5, 0.6) is 0 Å². The third kappa shape index (κ3) is 6.87. The zero-order valence-corrected chi connectivity index (χ0v) is 23.3. The molecule has 0 bridgehead atoms. The smallest absolute Gasteiger partial charge is 0.240 e. The standard InChI is InChI=1S/C30H37N3O4S/c1-20-18-25(19-21(2)31-20)22-12-16-27(17-13-22)38(36,37)33-26-14-10-24(11-15-26)29(34)32-28(30(3,4)35)23-8-6-5-7-9-23/h5-9,12-13,16-19,24,26,28,33,35H,10-11,14-15H2,1-4H3,(H,32,34)/t24-,26-,28-/m0/s1. The first kappa shape index (κ1) is 28.0. The summed E-state index contributed by atoms with van der Waals surface area (Å²) < 4.78 is 28.9. The molecular formula is C30H37N3O4S. The molecule has 1 heterocycles. The summed E-state index contributed by atoms with van der Waals surface area (Å²) in [4.78, 5) is 17.7. The molecule has 1 amide bonds. The first-order valence-electron chi connectivity index (χ1n) is 13.1. The summed E-state index contributed by atoms with van der Waals surface area (Å²) in [5.74, 6) is -0.338. The summed E-state index contributed by atoms with van der Waals surface area (Å²) in [6.45, 7) is 7.24. The topological polar surface area (TPSA) is 108 Å². The first-order valence-corrected chi connectivity index (χ1v) is 14.6. The maximum Gasteiger partial charge on any atom is 0.240 e. The summed E-state index contributed by atoms with van der Waals surface area (Å²) in [5, 5.41) is 13.7. The minimum Gasteiger partial charge on any atom is -0.388 e. The van der Waals surface area contributed by atoms with E-state index < -0.39 is 21.7 Å². The van der Waals surface area contributed by atoms with Crippen molar-refractivity contribution in [3.63, 3.8) is 0 Å². The number of aliphatic hydroxyl groups is 1. The highest BCUT2D eigenvalue weighted by molar-refractivity contribution is 7.89. The van der Waals surface area contributed by atoms with Gasteiger partial charge in [0.25, 0.3) is 0 Å². The number of hydrogen-bond donors (Lipinski definition) is 3. The Morgan fingerprint density at radius 3 is 2.05 bits per heavy atom. The molecule has 1 aliphatic carbocycles. The number of aryl methyl sites for hydroxylation is 2. The largest absolute Gasteiger partial charge is 0.388 e. The van der Waals surface area contributed by atoms with Crippen molar-refractivity contribution in [2.45, 2.75) is 76.0 Å². The lowest BCUT2D eigenvalue weighted by molar-refractivity contribution is -0.128. The monoisotopic (exact) mass is 535 g/mol. The highest BCUT2D eigenvalue weighted by atomic mass is 32.2. The van der Waals surface area contributed by atoms with Gasteiger partial charge in [0, 0.05) is 23.3 Å². The van der Waals surface area contributed by atoms with Crippen LogP contribution < -0.4 is 10.0 Å². The van der Waals surface area contributed by atoms with Crippen LogP contribution in [0.25, 0.3) is 11.1 Å². The molecule has 7 nitrogen and oxygen atoms in total. The number of nitrogens with one attached hydrogen (secondary N) is 2. The number of carbonyl (C=O) groups excluding carboxylic acids is 1. The van der Waals surface area contributed by atoms with Crippen molar-refractivity contribution < 1.29 is 18.3 Å². The van der Waals surface area contributed by atoms with Gasteiger partial charge in [0.1, 0.15) is 0 Å². The minimum atomic E-state index is -3.68. The zero-order valence-electron chi connectivity index (χ0n) is 22.4. The Morgan fingerprint density at radius 1 is 0.921 bits per heavy atom. The molecule has 4 rings (SSSR count). The summed E-state index contributed by atoms with van der Waals surface area (Å²) >= 11 is 0. The zero-order chi connectivity index (χ0) is 27.5. The number of carbonyl (C=O) groups is 1. The van der Waals surface area contributed by atoms with Gasteiger partial charge in [0.05, 0.1) is 16.5 Å². The van der Waals surface area contributed by atoms with Gasteiger partial charge in [0.15, 0.2) is 0 Å². The Labute approximate surface area is 225 Å². The molecular weight excluding hydrogens is 498 g/mol. The predicted octanol–water partition coefficient (Wildman–Crippen LogP) is 4.83. The Bertz CT molecular complexity index is 1340.